The highest BCUT2D eigenvalue weighted by atomic mass is 79.9. The molecule has 20 heavy (non-hydrogen) atoms. The normalized spacial score (nSPS) is 19.8. The number of hydrogen-bond donors (Lipinski definition) is 0. The summed E-state index contributed by atoms with van der Waals surface area (Å²) < 4.78 is 18.1. The maximum atomic E-state index is 9.10. The van der Waals surface area contributed by atoms with Gasteiger partial charge in [-0.15, -0.1) is 0 Å². The fraction of sp³-hybridized carbons (Fsp3) is 0.500. The largest absolute Gasteiger partial charge is 0.498 e. The molecular weight excluding hydrogens is 321 g/mol. The van der Waals surface area contributed by atoms with Gasteiger partial charge in [-0.2, -0.15) is 5.26 Å². The number of ether oxygens (including phenoxy) is 1. The molecule has 2 rings (SSSR count). The minimum Gasteiger partial charge on any atom is -0.496 e. The molecule has 0 aromatic heterocycles. The van der Waals surface area contributed by atoms with E-state index in [0.717, 1.165) is 5.46 Å². The van der Waals surface area contributed by atoms with Crippen LogP contribution in [-0.4, -0.2) is 25.4 Å². The Bertz CT molecular complexity index is 565. The third kappa shape index (κ3) is 2.46. The molecule has 1 aliphatic heterocycles. The minimum atomic E-state index is -0.556. The second kappa shape index (κ2) is 5.07. The third-order valence-corrected chi connectivity index (χ3v) is 4.50. The minimum absolute atomic E-state index is 0.433. The molecule has 0 N–H and O–H groups in total. The van der Waals surface area contributed by atoms with Gasteiger partial charge >= 0.3 is 7.12 Å². The van der Waals surface area contributed by atoms with Crippen molar-refractivity contribution in [3.05, 3.63) is 22.2 Å². The molecule has 0 aliphatic carbocycles. The van der Waals surface area contributed by atoms with Crippen LogP contribution in [0.3, 0.4) is 0 Å². The molecule has 0 saturated carbocycles. The molecule has 0 bridgehead atoms. The van der Waals surface area contributed by atoms with Crippen LogP contribution in [0.5, 0.6) is 5.75 Å². The zero-order valence-corrected chi connectivity index (χ0v) is 13.9. The van der Waals surface area contributed by atoms with E-state index in [-0.39, 0.29) is 0 Å². The third-order valence-electron chi connectivity index (χ3n) is 3.91. The fourth-order valence-corrected chi connectivity index (χ4v) is 2.68. The van der Waals surface area contributed by atoms with Crippen LogP contribution < -0.4 is 10.2 Å². The molecule has 1 saturated heterocycles. The standard InChI is InChI=1S/C14H17BBrNO3/c1-13(2)14(3,4)20-15(19-13)10-6-9(8-17)7-11(16)12(10)18-5/h6-7H,1-5H3. The van der Waals surface area contributed by atoms with Crippen LogP contribution in [0.2, 0.25) is 0 Å². The highest BCUT2D eigenvalue weighted by molar-refractivity contribution is 9.10. The molecule has 0 radical (unpaired) electrons. The van der Waals surface area contributed by atoms with Gasteiger partial charge in [-0.05, 0) is 55.8 Å². The molecule has 0 spiro atoms. The number of nitriles is 1. The van der Waals surface area contributed by atoms with Crippen LogP contribution in [0.1, 0.15) is 33.3 Å². The summed E-state index contributed by atoms with van der Waals surface area (Å²) in [5.74, 6) is 0.627. The SMILES string of the molecule is COc1c(Br)cc(C#N)cc1B1OC(C)(C)C(C)(C)O1. The van der Waals surface area contributed by atoms with Gasteiger partial charge in [0.05, 0.1) is 34.4 Å². The first kappa shape index (κ1) is 15.4. The van der Waals surface area contributed by atoms with Crippen molar-refractivity contribution >= 4 is 28.5 Å². The molecule has 1 fully saturated rings. The van der Waals surface area contributed by atoms with Crippen molar-refractivity contribution in [3.8, 4) is 11.8 Å². The summed E-state index contributed by atoms with van der Waals surface area (Å²) in [6, 6.07) is 5.59. The summed E-state index contributed by atoms with van der Waals surface area (Å²) in [7, 11) is 1.03. The van der Waals surface area contributed by atoms with Gasteiger partial charge in [-0.25, -0.2) is 0 Å². The Morgan fingerprint density at radius 2 is 1.75 bits per heavy atom. The van der Waals surface area contributed by atoms with E-state index >= 15 is 0 Å². The number of halogens is 1. The van der Waals surface area contributed by atoms with Crippen molar-refractivity contribution < 1.29 is 14.0 Å². The first-order valence-corrected chi connectivity index (χ1v) is 7.14. The lowest BCUT2D eigenvalue weighted by Crippen LogP contribution is -2.41. The molecule has 0 unspecified atom stereocenters. The second-order valence-corrected chi connectivity index (χ2v) is 6.63. The Balaban J connectivity index is 2.49. The van der Waals surface area contributed by atoms with Gasteiger partial charge in [0.2, 0.25) is 0 Å². The number of hydrogen-bond acceptors (Lipinski definition) is 4. The average molecular weight is 338 g/mol. The Morgan fingerprint density at radius 3 is 2.20 bits per heavy atom. The topological polar surface area (TPSA) is 51.5 Å². The van der Waals surface area contributed by atoms with Crippen molar-refractivity contribution in [2.75, 3.05) is 7.11 Å². The van der Waals surface area contributed by atoms with E-state index in [1.807, 2.05) is 27.7 Å². The first-order chi connectivity index (χ1) is 9.21. The molecule has 4 nitrogen and oxygen atoms in total. The van der Waals surface area contributed by atoms with E-state index in [4.69, 9.17) is 19.3 Å². The number of benzene rings is 1. The molecular formula is C14H17BBrNO3. The number of rotatable bonds is 2. The average Bonchev–Trinajstić information content (AvgIpc) is 2.57. The van der Waals surface area contributed by atoms with E-state index in [1.165, 1.54) is 0 Å². The van der Waals surface area contributed by atoms with Crippen LogP contribution >= 0.6 is 15.9 Å². The Kier molecular flexibility index (Phi) is 3.89. The van der Waals surface area contributed by atoms with E-state index in [0.29, 0.717) is 15.8 Å². The maximum absolute atomic E-state index is 9.10. The van der Waals surface area contributed by atoms with Gasteiger partial charge in [-0.3, -0.25) is 0 Å². The van der Waals surface area contributed by atoms with Crippen LogP contribution in [0.4, 0.5) is 0 Å². The van der Waals surface area contributed by atoms with Crippen LogP contribution in [0, 0.1) is 11.3 Å². The van der Waals surface area contributed by atoms with E-state index in [9.17, 15) is 0 Å². The Morgan fingerprint density at radius 1 is 1.20 bits per heavy atom. The lowest BCUT2D eigenvalue weighted by Gasteiger charge is -2.32. The molecule has 1 heterocycles. The zero-order chi connectivity index (χ0) is 15.1. The summed E-state index contributed by atoms with van der Waals surface area (Å²) in [6.45, 7) is 7.96. The molecule has 6 heteroatoms. The van der Waals surface area contributed by atoms with Gasteiger partial charge in [-0.1, -0.05) is 0 Å². The highest BCUT2D eigenvalue weighted by Gasteiger charge is 2.52. The monoisotopic (exact) mass is 337 g/mol. The molecule has 1 aromatic carbocycles. The van der Waals surface area contributed by atoms with Gasteiger partial charge < -0.3 is 14.0 Å². The molecule has 106 valence electrons. The number of methoxy groups -OCH3 is 1. The smallest absolute Gasteiger partial charge is 0.496 e. The van der Waals surface area contributed by atoms with Crippen LogP contribution in [0.25, 0.3) is 0 Å². The van der Waals surface area contributed by atoms with Crippen molar-refractivity contribution in [2.24, 2.45) is 0 Å². The van der Waals surface area contributed by atoms with Crippen molar-refractivity contribution in [2.45, 2.75) is 38.9 Å². The quantitative estimate of drug-likeness (QED) is 0.778. The van der Waals surface area contributed by atoms with Gasteiger partial charge in [0.15, 0.2) is 0 Å². The Hall–Kier alpha value is -1.03. The lowest BCUT2D eigenvalue weighted by atomic mass is 9.77. The lowest BCUT2D eigenvalue weighted by molar-refractivity contribution is 0.00578. The summed E-state index contributed by atoms with van der Waals surface area (Å²) in [6.07, 6.45) is 0. The van der Waals surface area contributed by atoms with Crippen LogP contribution in [-0.2, 0) is 9.31 Å². The maximum Gasteiger partial charge on any atom is 0.498 e. The predicted molar refractivity (Wildman–Crippen MR) is 81.1 cm³/mol. The summed E-state index contributed by atoms with van der Waals surface area (Å²) in [5.41, 5.74) is 0.384. The van der Waals surface area contributed by atoms with Crippen molar-refractivity contribution in [3.63, 3.8) is 0 Å². The molecule has 0 amide bonds. The van der Waals surface area contributed by atoms with E-state index < -0.39 is 18.3 Å². The summed E-state index contributed by atoms with van der Waals surface area (Å²) in [4.78, 5) is 0. The molecule has 0 atom stereocenters. The fourth-order valence-electron chi connectivity index (χ4n) is 2.04. The Labute approximate surface area is 128 Å². The van der Waals surface area contributed by atoms with E-state index in [1.54, 1.807) is 19.2 Å². The second-order valence-electron chi connectivity index (χ2n) is 5.78. The highest BCUT2D eigenvalue weighted by Crippen LogP contribution is 2.38. The summed E-state index contributed by atoms with van der Waals surface area (Å²) in [5, 5.41) is 9.10. The molecule has 1 aromatic rings. The molecule has 1 aliphatic rings. The van der Waals surface area contributed by atoms with Crippen LogP contribution in [0.15, 0.2) is 16.6 Å². The first-order valence-electron chi connectivity index (χ1n) is 6.35. The number of nitrogens with zero attached hydrogens (tertiary/aromatic N) is 1. The van der Waals surface area contributed by atoms with Gasteiger partial charge in [0.1, 0.15) is 5.75 Å². The predicted octanol–water partition coefficient (Wildman–Crippen LogP) is 2.63. The zero-order valence-electron chi connectivity index (χ0n) is 12.3. The summed E-state index contributed by atoms with van der Waals surface area (Å²) >= 11 is 3.42. The van der Waals surface area contributed by atoms with Crippen molar-refractivity contribution in [1.82, 2.24) is 0 Å². The van der Waals surface area contributed by atoms with E-state index in [2.05, 4.69) is 22.0 Å². The van der Waals surface area contributed by atoms with Crippen molar-refractivity contribution in [1.29, 1.82) is 5.26 Å². The van der Waals surface area contributed by atoms with Gasteiger partial charge in [0, 0.05) is 5.46 Å². The van der Waals surface area contributed by atoms with Gasteiger partial charge in [0.25, 0.3) is 0 Å².